The standard InChI is InChI=1S/C21H40N8O6/c1-12(30)16(23)18(32)27-13(6-2-3-9-22)19(33)29-11-5-8-15(29)17(31)28-14(20(34)35)7-4-10-26-21(24)25/h12-16,30H,2-11,22-23H2,1H3,(H,27,32)(H,28,31)(H,34,35)(H4,24,25,26)/t12-,13+,14+,15+,16+/m1/s1. The number of unbranched alkanes of at least 4 members (excludes halogenated alkanes) is 1. The molecule has 1 rings (SSSR count). The molecule has 35 heavy (non-hydrogen) atoms. The van der Waals surface area contributed by atoms with E-state index in [1.807, 2.05) is 0 Å². The van der Waals surface area contributed by atoms with Crippen LogP contribution in [0, 0.1) is 5.41 Å². The minimum absolute atomic E-state index is 0.108. The molecule has 0 aromatic rings. The van der Waals surface area contributed by atoms with Crippen LogP contribution in [-0.2, 0) is 19.2 Å². The zero-order valence-electron chi connectivity index (χ0n) is 20.2. The van der Waals surface area contributed by atoms with Crippen molar-refractivity contribution in [1.29, 1.82) is 5.41 Å². The first kappa shape index (κ1) is 30.1. The quantitative estimate of drug-likeness (QED) is 0.0631. The number of guanidine groups is 1. The average molecular weight is 501 g/mol. The van der Waals surface area contributed by atoms with E-state index in [0.29, 0.717) is 38.6 Å². The summed E-state index contributed by atoms with van der Waals surface area (Å²) >= 11 is 0. The molecule has 1 saturated heterocycles. The van der Waals surface area contributed by atoms with Crippen LogP contribution >= 0.6 is 0 Å². The maximum atomic E-state index is 13.3. The lowest BCUT2D eigenvalue weighted by molar-refractivity contribution is -0.145. The molecule has 0 aliphatic carbocycles. The molecule has 1 aliphatic rings. The van der Waals surface area contributed by atoms with E-state index in [4.69, 9.17) is 22.6 Å². The van der Waals surface area contributed by atoms with Crippen LogP contribution < -0.4 is 33.2 Å². The molecule has 0 bridgehead atoms. The Bertz CT molecular complexity index is 749. The summed E-state index contributed by atoms with van der Waals surface area (Å²) in [7, 11) is 0. The van der Waals surface area contributed by atoms with Crippen molar-refractivity contribution in [3.05, 3.63) is 0 Å². The number of carboxylic acid groups (broad SMARTS) is 1. The number of amides is 3. The zero-order chi connectivity index (χ0) is 26.5. The fourth-order valence-corrected chi connectivity index (χ4v) is 3.79. The average Bonchev–Trinajstić information content (AvgIpc) is 3.29. The van der Waals surface area contributed by atoms with E-state index in [9.17, 15) is 29.4 Å². The number of hydrogen-bond donors (Lipinski definition) is 9. The maximum absolute atomic E-state index is 13.3. The summed E-state index contributed by atoms with van der Waals surface area (Å²) in [6.07, 6.45) is 1.70. The molecule has 1 heterocycles. The predicted octanol–water partition coefficient (Wildman–Crippen LogP) is -2.87. The summed E-state index contributed by atoms with van der Waals surface area (Å²) in [5.41, 5.74) is 16.4. The van der Waals surface area contributed by atoms with Crippen LogP contribution in [0.2, 0.25) is 0 Å². The predicted molar refractivity (Wildman–Crippen MR) is 128 cm³/mol. The normalized spacial score (nSPS) is 18.7. The van der Waals surface area contributed by atoms with Crippen LogP contribution in [0.4, 0.5) is 0 Å². The Labute approximate surface area is 204 Å². The van der Waals surface area contributed by atoms with Gasteiger partial charge in [0.25, 0.3) is 0 Å². The molecule has 1 aliphatic heterocycles. The number of rotatable bonds is 15. The first-order chi connectivity index (χ1) is 16.5. The van der Waals surface area contributed by atoms with Gasteiger partial charge < -0.3 is 48.3 Å². The number of nitrogens with zero attached hydrogens (tertiary/aromatic N) is 1. The van der Waals surface area contributed by atoms with Gasteiger partial charge in [0.15, 0.2) is 5.96 Å². The molecular weight excluding hydrogens is 460 g/mol. The minimum atomic E-state index is -1.22. The number of carboxylic acids is 1. The maximum Gasteiger partial charge on any atom is 0.326 e. The van der Waals surface area contributed by atoms with Crippen LogP contribution in [-0.4, -0.2) is 94.7 Å². The second-order valence-electron chi connectivity index (χ2n) is 8.68. The molecule has 0 radical (unpaired) electrons. The molecule has 0 aromatic heterocycles. The van der Waals surface area contributed by atoms with Gasteiger partial charge in [0.05, 0.1) is 6.10 Å². The lowest BCUT2D eigenvalue weighted by atomic mass is 10.1. The molecule has 14 nitrogen and oxygen atoms in total. The third kappa shape index (κ3) is 10.0. The molecule has 1 fully saturated rings. The van der Waals surface area contributed by atoms with Gasteiger partial charge >= 0.3 is 5.97 Å². The Morgan fingerprint density at radius 3 is 2.34 bits per heavy atom. The minimum Gasteiger partial charge on any atom is -0.480 e. The SMILES string of the molecule is C[C@@H](O)[C@H](N)C(=O)N[C@@H](CCCCN)C(=O)N1CCC[C@H]1C(=O)N[C@@H](CCCNC(=N)N)C(=O)O. The number of carbonyl (C=O) groups is 4. The molecule has 5 atom stereocenters. The smallest absolute Gasteiger partial charge is 0.326 e. The number of hydrogen-bond acceptors (Lipinski definition) is 8. The van der Waals surface area contributed by atoms with Gasteiger partial charge in [0.1, 0.15) is 24.2 Å². The van der Waals surface area contributed by atoms with Gasteiger partial charge in [-0.3, -0.25) is 19.8 Å². The summed E-state index contributed by atoms with van der Waals surface area (Å²) in [5.74, 6) is -3.19. The van der Waals surface area contributed by atoms with Gasteiger partial charge in [-0.1, -0.05) is 0 Å². The number of carbonyl (C=O) groups excluding carboxylic acids is 3. The third-order valence-electron chi connectivity index (χ3n) is 5.82. The van der Waals surface area contributed by atoms with Crippen molar-refractivity contribution in [2.75, 3.05) is 19.6 Å². The van der Waals surface area contributed by atoms with Crippen molar-refractivity contribution >= 4 is 29.7 Å². The Balaban J connectivity index is 2.88. The van der Waals surface area contributed by atoms with E-state index < -0.39 is 54.0 Å². The molecule has 0 unspecified atom stereocenters. The Morgan fingerprint density at radius 2 is 1.77 bits per heavy atom. The van der Waals surface area contributed by atoms with Crippen molar-refractivity contribution in [2.24, 2.45) is 17.2 Å². The van der Waals surface area contributed by atoms with Crippen molar-refractivity contribution in [3.63, 3.8) is 0 Å². The molecule has 0 spiro atoms. The second kappa shape index (κ2) is 15.1. The van der Waals surface area contributed by atoms with Crippen molar-refractivity contribution in [2.45, 2.75) is 82.1 Å². The van der Waals surface area contributed by atoms with Crippen LogP contribution in [0.5, 0.6) is 0 Å². The van der Waals surface area contributed by atoms with Gasteiger partial charge in [0.2, 0.25) is 17.7 Å². The lowest BCUT2D eigenvalue weighted by Crippen LogP contribution is -2.57. The summed E-state index contributed by atoms with van der Waals surface area (Å²) in [4.78, 5) is 51.6. The van der Waals surface area contributed by atoms with E-state index in [0.717, 1.165) is 0 Å². The van der Waals surface area contributed by atoms with Gasteiger partial charge in [0, 0.05) is 13.1 Å². The number of nitrogens with one attached hydrogen (secondary N) is 4. The van der Waals surface area contributed by atoms with Gasteiger partial charge in [-0.15, -0.1) is 0 Å². The molecule has 3 amide bonds. The van der Waals surface area contributed by atoms with Gasteiger partial charge in [-0.25, -0.2) is 4.79 Å². The molecule has 12 N–H and O–H groups in total. The van der Waals surface area contributed by atoms with Crippen LogP contribution in [0.25, 0.3) is 0 Å². The molecule has 0 saturated carbocycles. The van der Waals surface area contributed by atoms with E-state index >= 15 is 0 Å². The molecule has 200 valence electrons. The van der Waals surface area contributed by atoms with E-state index in [1.54, 1.807) is 0 Å². The Kier molecular flexibility index (Phi) is 13.0. The number of nitrogens with two attached hydrogens (primary N) is 3. The van der Waals surface area contributed by atoms with E-state index in [-0.39, 0.29) is 31.9 Å². The third-order valence-corrected chi connectivity index (χ3v) is 5.82. The largest absolute Gasteiger partial charge is 0.480 e. The first-order valence-corrected chi connectivity index (χ1v) is 11.8. The number of aliphatic carboxylic acids is 1. The molecule has 0 aromatic carbocycles. The molecule has 14 heteroatoms. The first-order valence-electron chi connectivity index (χ1n) is 11.8. The van der Waals surface area contributed by atoms with Gasteiger partial charge in [-0.05, 0) is 58.4 Å². The molecular formula is C21H40N8O6. The highest BCUT2D eigenvalue weighted by molar-refractivity contribution is 5.94. The zero-order valence-corrected chi connectivity index (χ0v) is 20.2. The summed E-state index contributed by atoms with van der Waals surface area (Å²) in [6, 6.07) is -4.22. The van der Waals surface area contributed by atoms with E-state index in [2.05, 4.69) is 16.0 Å². The van der Waals surface area contributed by atoms with Crippen LogP contribution in [0.3, 0.4) is 0 Å². The number of aliphatic hydroxyl groups is 1. The van der Waals surface area contributed by atoms with Crippen LogP contribution in [0.1, 0.15) is 51.9 Å². The van der Waals surface area contributed by atoms with Crippen LogP contribution in [0.15, 0.2) is 0 Å². The Hall–Kier alpha value is -2.97. The second-order valence-corrected chi connectivity index (χ2v) is 8.68. The van der Waals surface area contributed by atoms with Crippen molar-refractivity contribution in [3.8, 4) is 0 Å². The summed E-state index contributed by atoms with van der Waals surface area (Å²) < 4.78 is 0. The summed E-state index contributed by atoms with van der Waals surface area (Å²) in [5, 5.41) is 33.8. The fourth-order valence-electron chi connectivity index (χ4n) is 3.79. The highest BCUT2D eigenvalue weighted by atomic mass is 16.4. The van der Waals surface area contributed by atoms with Crippen molar-refractivity contribution in [1.82, 2.24) is 20.9 Å². The Morgan fingerprint density at radius 1 is 1.11 bits per heavy atom. The highest BCUT2D eigenvalue weighted by Crippen LogP contribution is 2.20. The monoisotopic (exact) mass is 500 g/mol. The highest BCUT2D eigenvalue weighted by Gasteiger charge is 2.39. The van der Waals surface area contributed by atoms with Gasteiger partial charge in [-0.2, -0.15) is 0 Å². The summed E-state index contributed by atoms with van der Waals surface area (Å²) in [6.45, 7) is 2.34. The van der Waals surface area contributed by atoms with E-state index in [1.165, 1.54) is 11.8 Å². The van der Waals surface area contributed by atoms with Crippen molar-refractivity contribution < 1.29 is 29.4 Å². The topological polar surface area (TPSA) is 250 Å². The number of likely N-dealkylation sites (tertiary alicyclic amines) is 1. The lowest BCUT2D eigenvalue weighted by Gasteiger charge is -2.30. The number of aliphatic hydroxyl groups excluding tert-OH is 1. The fraction of sp³-hybridized carbons (Fsp3) is 0.762.